The van der Waals surface area contributed by atoms with Crippen molar-refractivity contribution < 1.29 is 0 Å². The molecule has 0 aromatic heterocycles. The summed E-state index contributed by atoms with van der Waals surface area (Å²) in [5.41, 5.74) is 2.86. The van der Waals surface area contributed by atoms with E-state index in [4.69, 9.17) is 0 Å². The minimum atomic E-state index is 1.06. The Bertz CT molecular complexity index is 366. The van der Waals surface area contributed by atoms with E-state index in [2.05, 4.69) is 60.7 Å². The van der Waals surface area contributed by atoms with Gasteiger partial charge in [-0.25, -0.2) is 0 Å². The third-order valence-electron chi connectivity index (χ3n) is 2.34. The van der Waals surface area contributed by atoms with Gasteiger partial charge >= 0.3 is 0 Å². The van der Waals surface area contributed by atoms with E-state index >= 15 is 0 Å². The van der Waals surface area contributed by atoms with E-state index in [1.807, 2.05) is 27.7 Å². The van der Waals surface area contributed by atoms with Gasteiger partial charge in [0, 0.05) is 0 Å². The van der Waals surface area contributed by atoms with Crippen LogP contribution in [0.3, 0.4) is 0 Å². The second kappa shape index (κ2) is 11.9. The molecule has 18 heavy (non-hydrogen) atoms. The molecule has 0 unspecified atom stereocenters. The molecule has 0 fully saturated rings. The van der Waals surface area contributed by atoms with Gasteiger partial charge in [0.1, 0.15) is 0 Å². The summed E-state index contributed by atoms with van der Waals surface area (Å²) in [5, 5.41) is 0. The quantitative estimate of drug-likeness (QED) is 0.622. The van der Waals surface area contributed by atoms with Gasteiger partial charge in [-0.3, -0.25) is 0 Å². The summed E-state index contributed by atoms with van der Waals surface area (Å²) in [6.45, 7) is 8.00. The fraction of sp³-hybridized carbons (Fsp3) is 0.333. The third kappa shape index (κ3) is 6.90. The first-order valence-electron chi connectivity index (χ1n) is 7.00. The van der Waals surface area contributed by atoms with Crippen molar-refractivity contribution in [1.29, 1.82) is 0 Å². The zero-order valence-corrected chi connectivity index (χ0v) is 12.2. The Labute approximate surface area is 113 Å². The summed E-state index contributed by atoms with van der Waals surface area (Å²) >= 11 is 0. The van der Waals surface area contributed by atoms with Crippen molar-refractivity contribution >= 4 is 0 Å². The van der Waals surface area contributed by atoms with Crippen LogP contribution < -0.4 is 0 Å². The van der Waals surface area contributed by atoms with Crippen LogP contribution in [0.5, 0.6) is 0 Å². The monoisotopic (exact) mass is 242 g/mol. The normalized spacial score (nSPS) is 12.3. The summed E-state index contributed by atoms with van der Waals surface area (Å²) < 4.78 is 0. The molecule has 0 nitrogen and oxygen atoms in total. The van der Waals surface area contributed by atoms with Crippen LogP contribution in [0.1, 0.15) is 39.7 Å². The van der Waals surface area contributed by atoms with E-state index in [1.165, 1.54) is 11.1 Å². The van der Waals surface area contributed by atoms with Crippen LogP contribution in [-0.4, -0.2) is 0 Å². The third-order valence-corrected chi connectivity index (χ3v) is 2.34. The molecule has 1 aliphatic rings. The summed E-state index contributed by atoms with van der Waals surface area (Å²) in [6.07, 6.45) is 12.9. The van der Waals surface area contributed by atoms with Crippen molar-refractivity contribution in [2.75, 3.05) is 0 Å². The van der Waals surface area contributed by atoms with Crippen molar-refractivity contribution in [2.24, 2.45) is 0 Å². The molecule has 98 valence electrons. The molecule has 0 saturated carbocycles. The van der Waals surface area contributed by atoms with Gasteiger partial charge in [-0.15, -0.1) is 0 Å². The number of hydrogen-bond acceptors (Lipinski definition) is 0. The van der Waals surface area contributed by atoms with E-state index in [1.54, 1.807) is 0 Å². The molecular formula is C18H26. The molecule has 1 aromatic rings. The van der Waals surface area contributed by atoms with Gasteiger partial charge in [-0.2, -0.15) is 0 Å². The Kier molecular flexibility index (Phi) is 10.9. The molecule has 0 amide bonds. The molecule has 0 spiro atoms. The molecule has 0 bridgehead atoms. The maximum absolute atomic E-state index is 2.22. The van der Waals surface area contributed by atoms with Gasteiger partial charge < -0.3 is 0 Å². The smallest absolute Gasteiger partial charge is 0.00609 e. The highest BCUT2D eigenvalue weighted by Gasteiger charge is 1.97. The fourth-order valence-corrected chi connectivity index (χ4v) is 1.61. The molecule has 2 rings (SSSR count). The molecule has 0 radical (unpaired) electrons. The minimum Gasteiger partial charge on any atom is -0.0804 e. The Morgan fingerprint density at radius 1 is 0.833 bits per heavy atom. The van der Waals surface area contributed by atoms with Gasteiger partial charge in [-0.05, 0) is 18.4 Å². The zero-order valence-electron chi connectivity index (χ0n) is 12.2. The summed E-state index contributed by atoms with van der Waals surface area (Å²) in [4.78, 5) is 0. The highest BCUT2D eigenvalue weighted by Crippen LogP contribution is 2.13. The highest BCUT2D eigenvalue weighted by atomic mass is 14.0. The van der Waals surface area contributed by atoms with E-state index < -0.39 is 0 Å². The molecule has 0 saturated heterocycles. The molecule has 0 heterocycles. The zero-order chi connectivity index (χ0) is 13.6. The van der Waals surface area contributed by atoms with Gasteiger partial charge in [0.15, 0.2) is 0 Å². The highest BCUT2D eigenvalue weighted by molar-refractivity contribution is 5.28. The van der Waals surface area contributed by atoms with Crippen LogP contribution in [0, 0.1) is 0 Å². The number of hydrogen-bond donors (Lipinski definition) is 0. The van der Waals surface area contributed by atoms with Crippen molar-refractivity contribution in [3.63, 3.8) is 0 Å². The maximum Gasteiger partial charge on any atom is -0.00609 e. The van der Waals surface area contributed by atoms with Gasteiger partial charge in [0.05, 0.1) is 0 Å². The Balaban J connectivity index is 0.000000659. The minimum absolute atomic E-state index is 1.06. The van der Waals surface area contributed by atoms with Crippen LogP contribution >= 0.6 is 0 Å². The second-order valence-corrected chi connectivity index (χ2v) is 3.50. The van der Waals surface area contributed by atoms with Crippen molar-refractivity contribution in [3.05, 3.63) is 71.8 Å². The predicted octanol–water partition coefficient (Wildman–Crippen LogP) is 5.72. The van der Waals surface area contributed by atoms with E-state index in [0.29, 0.717) is 0 Å². The molecular weight excluding hydrogens is 216 g/mol. The average molecular weight is 242 g/mol. The van der Waals surface area contributed by atoms with Crippen LogP contribution in [-0.2, 0) is 6.42 Å². The van der Waals surface area contributed by atoms with Crippen LogP contribution in [0.2, 0.25) is 0 Å². The van der Waals surface area contributed by atoms with E-state index in [-0.39, 0.29) is 0 Å². The summed E-state index contributed by atoms with van der Waals surface area (Å²) in [5.74, 6) is 0. The lowest BCUT2D eigenvalue weighted by Crippen LogP contribution is -1.88. The fourth-order valence-electron chi connectivity index (χ4n) is 1.61. The first-order valence-corrected chi connectivity index (χ1v) is 7.00. The standard InChI is InChI=1S/C14H14.2C2H6/c1-2-5-9-13(8-4-1)12-14-10-6-3-7-11-14;2*1-2/h1-8,10-11H,9,12H2;2*1-2H3. The van der Waals surface area contributed by atoms with Gasteiger partial charge in [0.2, 0.25) is 0 Å². The number of allylic oxidation sites excluding steroid dienone is 6. The largest absolute Gasteiger partial charge is 0.0804 e. The van der Waals surface area contributed by atoms with Crippen molar-refractivity contribution in [2.45, 2.75) is 40.5 Å². The maximum atomic E-state index is 2.22. The Morgan fingerprint density at radius 2 is 1.50 bits per heavy atom. The lowest BCUT2D eigenvalue weighted by molar-refractivity contribution is 1.07. The van der Waals surface area contributed by atoms with E-state index in [9.17, 15) is 0 Å². The number of rotatable bonds is 2. The van der Waals surface area contributed by atoms with Crippen LogP contribution in [0.4, 0.5) is 0 Å². The molecule has 0 N–H and O–H groups in total. The molecule has 0 heteroatoms. The first-order chi connectivity index (χ1) is 8.95. The van der Waals surface area contributed by atoms with Crippen molar-refractivity contribution in [1.82, 2.24) is 0 Å². The molecule has 1 aromatic carbocycles. The lowest BCUT2D eigenvalue weighted by atomic mass is 10.0. The topological polar surface area (TPSA) is 0 Å². The van der Waals surface area contributed by atoms with Crippen LogP contribution in [0.15, 0.2) is 66.3 Å². The van der Waals surface area contributed by atoms with Gasteiger partial charge in [0.25, 0.3) is 0 Å². The predicted molar refractivity (Wildman–Crippen MR) is 83.8 cm³/mol. The summed E-state index contributed by atoms with van der Waals surface area (Å²) in [7, 11) is 0. The second-order valence-electron chi connectivity index (χ2n) is 3.50. The summed E-state index contributed by atoms with van der Waals surface area (Å²) in [6, 6.07) is 10.6. The molecule has 1 aliphatic carbocycles. The Morgan fingerprint density at radius 3 is 2.17 bits per heavy atom. The number of benzene rings is 1. The lowest BCUT2D eigenvalue weighted by Gasteiger charge is -2.03. The first kappa shape index (κ1) is 16.4. The van der Waals surface area contributed by atoms with Crippen LogP contribution in [0.25, 0.3) is 0 Å². The Hall–Kier alpha value is -1.56. The SMILES string of the molecule is C1=CC=C(Cc2ccccc2)CC=C1.CC.CC. The molecule has 0 aliphatic heterocycles. The van der Waals surface area contributed by atoms with E-state index in [0.717, 1.165) is 12.8 Å². The average Bonchev–Trinajstić information content (AvgIpc) is 2.73. The van der Waals surface area contributed by atoms with Gasteiger partial charge in [-0.1, -0.05) is 94.0 Å². The van der Waals surface area contributed by atoms with Crippen molar-refractivity contribution in [3.8, 4) is 0 Å². The molecule has 0 atom stereocenters.